The summed E-state index contributed by atoms with van der Waals surface area (Å²) in [4.78, 5) is 5.27. The van der Waals surface area contributed by atoms with E-state index >= 15 is 0 Å². The highest BCUT2D eigenvalue weighted by atomic mass is 32.1. The molecule has 0 aliphatic carbocycles. The predicted molar refractivity (Wildman–Crippen MR) is 49.2 cm³/mol. The number of hydrogen-bond acceptors (Lipinski definition) is 3. The summed E-state index contributed by atoms with van der Waals surface area (Å²) in [6.45, 7) is 0.0607. The molecule has 2 heterocycles. The van der Waals surface area contributed by atoms with Crippen LogP contribution in [-0.4, -0.2) is 21.1 Å². The normalized spacial score (nSPS) is 11.8. The van der Waals surface area contributed by atoms with Gasteiger partial charge in [0.1, 0.15) is 0 Å². The average Bonchev–Trinajstić information content (AvgIpc) is 2.58. The van der Waals surface area contributed by atoms with Crippen LogP contribution in [0.3, 0.4) is 0 Å². The lowest BCUT2D eigenvalue weighted by Gasteiger charge is -1.79. The second-order valence-electron chi connectivity index (χ2n) is 2.34. The Morgan fingerprint density at radius 2 is 2.58 bits per heavy atom. The van der Waals surface area contributed by atoms with Gasteiger partial charge in [-0.05, 0) is 6.08 Å². The third kappa shape index (κ3) is 1.26. The molecule has 12 heavy (non-hydrogen) atoms. The van der Waals surface area contributed by atoms with Crippen LogP contribution in [0.5, 0.6) is 0 Å². The topological polar surface area (TPSA) is 37.5 Å². The molecular formula is C8H8N2OS. The average molecular weight is 180 g/mol. The van der Waals surface area contributed by atoms with E-state index in [1.165, 1.54) is 0 Å². The summed E-state index contributed by atoms with van der Waals surface area (Å²) in [7, 11) is 0. The summed E-state index contributed by atoms with van der Waals surface area (Å²) in [5, 5.41) is 10.5. The summed E-state index contributed by atoms with van der Waals surface area (Å²) in [5.41, 5.74) is 0.885. The van der Waals surface area contributed by atoms with Gasteiger partial charge in [-0.15, -0.1) is 11.3 Å². The third-order valence-corrected chi connectivity index (χ3v) is 2.28. The Kier molecular flexibility index (Phi) is 1.93. The van der Waals surface area contributed by atoms with Crippen LogP contribution in [0.4, 0.5) is 0 Å². The first kappa shape index (κ1) is 7.52. The molecule has 0 aliphatic rings. The molecule has 0 fully saturated rings. The fraction of sp³-hybridized carbons (Fsp3) is 0.125. The van der Waals surface area contributed by atoms with E-state index in [9.17, 15) is 0 Å². The van der Waals surface area contributed by atoms with E-state index in [1.807, 2.05) is 22.2 Å². The van der Waals surface area contributed by atoms with Crippen LogP contribution in [0.1, 0.15) is 5.69 Å². The second-order valence-corrected chi connectivity index (χ2v) is 3.22. The zero-order valence-corrected chi connectivity index (χ0v) is 7.16. The Morgan fingerprint density at radius 3 is 3.33 bits per heavy atom. The van der Waals surface area contributed by atoms with Crippen molar-refractivity contribution in [3.63, 3.8) is 0 Å². The van der Waals surface area contributed by atoms with Crippen molar-refractivity contribution in [2.24, 2.45) is 0 Å². The number of aliphatic hydroxyl groups excluding tert-OH is 1. The van der Waals surface area contributed by atoms with Crippen LogP contribution in [-0.2, 0) is 0 Å². The number of aliphatic hydroxyl groups is 1. The Balaban J connectivity index is 2.38. The predicted octanol–water partition coefficient (Wildman–Crippen LogP) is 1.40. The SMILES string of the molecule is OC/C=C/c1cn2ccsc2n1. The van der Waals surface area contributed by atoms with Crippen LogP contribution < -0.4 is 0 Å². The lowest BCUT2D eigenvalue weighted by atomic mass is 10.4. The zero-order chi connectivity index (χ0) is 8.39. The maximum Gasteiger partial charge on any atom is 0.194 e. The Bertz CT molecular complexity index is 373. The van der Waals surface area contributed by atoms with Crippen molar-refractivity contribution < 1.29 is 5.11 Å². The molecule has 4 heteroatoms. The van der Waals surface area contributed by atoms with Gasteiger partial charge in [-0.1, -0.05) is 6.08 Å². The molecule has 0 amide bonds. The van der Waals surface area contributed by atoms with Gasteiger partial charge in [0, 0.05) is 17.8 Å². The van der Waals surface area contributed by atoms with E-state index in [1.54, 1.807) is 23.5 Å². The Morgan fingerprint density at radius 1 is 1.67 bits per heavy atom. The molecule has 0 aromatic carbocycles. The van der Waals surface area contributed by atoms with Crippen LogP contribution in [0, 0.1) is 0 Å². The summed E-state index contributed by atoms with van der Waals surface area (Å²) in [6, 6.07) is 0. The van der Waals surface area contributed by atoms with Crippen molar-refractivity contribution in [3.8, 4) is 0 Å². The van der Waals surface area contributed by atoms with Gasteiger partial charge in [-0.25, -0.2) is 4.98 Å². The van der Waals surface area contributed by atoms with E-state index in [-0.39, 0.29) is 6.61 Å². The highest BCUT2D eigenvalue weighted by Crippen LogP contribution is 2.11. The Hall–Kier alpha value is -1.13. The Labute approximate surface area is 73.6 Å². The second kappa shape index (κ2) is 3.08. The van der Waals surface area contributed by atoms with Crippen molar-refractivity contribution in [1.29, 1.82) is 0 Å². The minimum absolute atomic E-state index is 0.0607. The van der Waals surface area contributed by atoms with Crippen LogP contribution in [0.15, 0.2) is 23.8 Å². The highest BCUT2D eigenvalue weighted by Gasteiger charge is 1.97. The molecule has 0 saturated carbocycles. The van der Waals surface area contributed by atoms with Gasteiger partial charge < -0.3 is 5.11 Å². The summed E-state index contributed by atoms with van der Waals surface area (Å²) in [5.74, 6) is 0. The van der Waals surface area contributed by atoms with Gasteiger partial charge in [0.25, 0.3) is 0 Å². The number of aromatic nitrogens is 2. The third-order valence-electron chi connectivity index (χ3n) is 1.51. The molecule has 0 saturated heterocycles. The minimum atomic E-state index is 0.0607. The minimum Gasteiger partial charge on any atom is -0.392 e. The van der Waals surface area contributed by atoms with E-state index in [4.69, 9.17) is 5.11 Å². The maximum absolute atomic E-state index is 8.53. The first-order chi connectivity index (χ1) is 5.90. The number of thiazole rings is 1. The molecule has 3 nitrogen and oxygen atoms in total. The van der Waals surface area contributed by atoms with Gasteiger partial charge in [0.05, 0.1) is 12.3 Å². The molecule has 2 aromatic heterocycles. The van der Waals surface area contributed by atoms with Crippen LogP contribution in [0.25, 0.3) is 11.0 Å². The molecular weight excluding hydrogens is 172 g/mol. The van der Waals surface area contributed by atoms with E-state index in [0.717, 1.165) is 10.7 Å². The standard InChI is InChI=1S/C8H8N2OS/c11-4-1-2-7-6-10-3-5-12-8(10)9-7/h1-3,5-6,11H,4H2/b2-1+. The zero-order valence-electron chi connectivity index (χ0n) is 6.34. The largest absolute Gasteiger partial charge is 0.392 e. The summed E-state index contributed by atoms with van der Waals surface area (Å²) >= 11 is 1.60. The number of fused-ring (bicyclic) bond motifs is 1. The monoisotopic (exact) mass is 180 g/mol. The molecule has 1 N–H and O–H groups in total. The fourth-order valence-electron chi connectivity index (χ4n) is 0.999. The van der Waals surface area contributed by atoms with Gasteiger partial charge in [0.15, 0.2) is 4.96 Å². The molecule has 2 aromatic rings. The van der Waals surface area contributed by atoms with E-state index < -0.39 is 0 Å². The first-order valence-corrected chi connectivity index (χ1v) is 4.48. The van der Waals surface area contributed by atoms with Crippen LogP contribution >= 0.6 is 11.3 Å². The van der Waals surface area contributed by atoms with E-state index in [2.05, 4.69) is 4.98 Å². The van der Waals surface area contributed by atoms with Gasteiger partial charge >= 0.3 is 0 Å². The molecule has 2 rings (SSSR count). The van der Waals surface area contributed by atoms with Gasteiger partial charge in [-0.2, -0.15) is 0 Å². The molecule has 0 aliphatic heterocycles. The molecule has 62 valence electrons. The maximum atomic E-state index is 8.53. The van der Waals surface area contributed by atoms with Crippen LogP contribution in [0.2, 0.25) is 0 Å². The number of rotatable bonds is 2. The van der Waals surface area contributed by atoms with Gasteiger partial charge in [0.2, 0.25) is 0 Å². The van der Waals surface area contributed by atoms with Crippen molar-refractivity contribution >= 4 is 22.4 Å². The van der Waals surface area contributed by atoms with E-state index in [0.29, 0.717) is 0 Å². The quantitative estimate of drug-likeness (QED) is 0.758. The summed E-state index contributed by atoms with van der Waals surface area (Å²) in [6.07, 6.45) is 7.37. The van der Waals surface area contributed by atoms with Gasteiger partial charge in [-0.3, -0.25) is 4.40 Å². The van der Waals surface area contributed by atoms with Crippen molar-refractivity contribution in [1.82, 2.24) is 9.38 Å². The van der Waals surface area contributed by atoms with Crippen molar-refractivity contribution in [2.75, 3.05) is 6.61 Å². The first-order valence-electron chi connectivity index (χ1n) is 3.60. The fourth-order valence-corrected chi connectivity index (χ4v) is 1.71. The smallest absolute Gasteiger partial charge is 0.194 e. The molecule has 0 bridgehead atoms. The molecule has 0 radical (unpaired) electrons. The number of nitrogens with zero attached hydrogens (tertiary/aromatic N) is 2. The molecule has 0 atom stereocenters. The molecule has 0 unspecified atom stereocenters. The number of hydrogen-bond donors (Lipinski definition) is 1. The van der Waals surface area contributed by atoms with Crippen molar-refractivity contribution in [3.05, 3.63) is 29.5 Å². The lowest BCUT2D eigenvalue weighted by molar-refractivity contribution is 0.343. The lowest BCUT2D eigenvalue weighted by Crippen LogP contribution is -1.72. The molecule has 0 spiro atoms. The summed E-state index contributed by atoms with van der Waals surface area (Å²) < 4.78 is 1.96. The highest BCUT2D eigenvalue weighted by molar-refractivity contribution is 7.15. The van der Waals surface area contributed by atoms with Crippen molar-refractivity contribution in [2.45, 2.75) is 0 Å². The number of imidazole rings is 1.